The van der Waals surface area contributed by atoms with Gasteiger partial charge in [-0.25, -0.2) is 9.59 Å². The van der Waals surface area contributed by atoms with Crippen LogP contribution in [-0.2, 0) is 0 Å². The standard InChI is InChI=1S/C13H10ClNO4/c1-6-11(7(2)15-19-13(6)18)8-3-4-10(14)9(5-8)12(16)17/h3-5H,1-2H3,(H,16,17). The highest BCUT2D eigenvalue weighted by Gasteiger charge is 2.15. The minimum absolute atomic E-state index is 0.0220. The second kappa shape index (κ2) is 4.85. The molecular weight excluding hydrogens is 270 g/mol. The molecule has 0 radical (unpaired) electrons. The lowest BCUT2D eigenvalue weighted by Gasteiger charge is -2.08. The molecule has 0 bridgehead atoms. The Kier molecular flexibility index (Phi) is 3.40. The third kappa shape index (κ3) is 2.37. The summed E-state index contributed by atoms with van der Waals surface area (Å²) in [6.45, 7) is 3.28. The van der Waals surface area contributed by atoms with Gasteiger partial charge in [-0.15, -0.1) is 0 Å². The largest absolute Gasteiger partial charge is 0.478 e. The SMILES string of the molecule is Cc1noc(=O)c(C)c1-c1ccc(Cl)c(C(=O)O)c1. The van der Waals surface area contributed by atoms with Crippen LogP contribution in [0.5, 0.6) is 0 Å². The van der Waals surface area contributed by atoms with Gasteiger partial charge in [-0.05, 0) is 31.5 Å². The number of nitrogens with zero attached hydrogens (tertiary/aromatic N) is 1. The predicted octanol–water partition coefficient (Wildman–Crippen LogP) is 2.67. The van der Waals surface area contributed by atoms with Crippen LogP contribution in [0.1, 0.15) is 21.6 Å². The van der Waals surface area contributed by atoms with E-state index in [4.69, 9.17) is 16.7 Å². The molecule has 0 aliphatic carbocycles. The van der Waals surface area contributed by atoms with Crippen LogP contribution in [0.25, 0.3) is 11.1 Å². The van der Waals surface area contributed by atoms with Gasteiger partial charge in [0.1, 0.15) is 0 Å². The number of carboxylic acid groups (broad SMARTS) is 1. The van der Waals surface area contributed by atoms with Crippen molar-refractivity contribution < 1.29 is 14.4 Å². The Balaban J connectivity index is 2.73. The molecule has 1 aromatic carbocycles. The Hall–Kier alpha value is -2.14. The van der Waals surface area contributed by atoms with Crippen LogP contribution < -0.4 is 5.63 Å². The number of hydrogen-bond acceptors (Lipinski definition) is 4. The van der Waals surface area contributed by atoms with E-state index in [9.17, 15) is 9.59 Å². The molecule has 0 saturated heterocycles. The van der Waals surface area contributed by atoms with Crippen molar-refractivity contribution in [3.8, 4) is 11.1 Å². The summed E-state index contributed by atoms with van der Waals surface area (Å²) in [5, 5.41) is 12.8. The summed E-state index contributed by atoms with van der Waals surface area (Å²) in [5.41, 5.74) is 1.45. The van der Waals surface area contributed by atoms with Crippen LogP contribution in [0.2, 0.25) is 5.02 Å². The van der Waals surface area contributed by atoms with Gasteiger partial charge in [0, 0.05) is 11.1 Å². The molecule has 1 heterocycles. The Morgan fingerprint density at radius 1 is 1.37 bits per heavy atom. The molecule has 0 atom stereocenters. The van der Waals surface area contributed by atoms with Crippen molar-refractivity contribution in [3.63, 3.8) is 0 Å². The normalized spacial score (nSPS) is 10.5. The van der Waals surface area contributed by atoms with Crippen molar-refractivity contribution in [1.82, 2.24) is 5.16 Å². The second-order valence-corrected chi connectivity index (χ2v) is 4.46. The Labute approximate surface area is 113 Å². The van der Waals surface area contributed by atoms with Crippen molar-refractivity contribution >= 4 is 17.6 Å². The van der Waals surface area contributed by atoms with Gasteiger partial charge < -0.3 is 9.63 Å². The second-order valence-electron chi connectivity index (χ2n) is 4.06. The van der Waals surface area contributed by atoms with E-state index in [0.29, 0.717) is 22.4 Å². The maximum atomic E-state index is 11.5. The van der Waals surface area contributed by atoms with E-state index in [1.165, 1.54) is 12.1 Å². The summed E-state index contributed by atoms with van der Waals surface area (Å²) < 4.78 is 4.60. The zero-order valence-electron chi connectivity index (χ0n) is 10.2. The summed E-state index contributed by atoms with van der Waals surface area (Å²) in [7, 11) is 0. The van der Waals surface area contributed by atoms with Crippen molar-refractivity contribution in [2.24, 2.45) is 0 Å². The van der Waals surface area contributed by atoms with E-state index in [-0.39, 0.29) is 10.6 Å². The molecule has 19 heavy (non-hydrogen) atoms. The highest BCUT2D eigenvalue weighted by molar-refractivity contribution is 6.33. The molecule has 2 rings (SSSR count). The van der Waals surface area contributed by atoms with Crippen molar-refractivity contribution in [1.29, 1.82) is 0 Å². The highest BCUT2D eigenvalue weighted by atomic mass is 35.5. The lowest BCUT2D eigenvalue weighted by molar-refractivity contribution is 0.0697. The van der Waals surface area contributed by atoms with Crippen molar-refractivity contribution in [3.05, 3.63) is 50.5 Å². The number of hydrogen-bond donors (Lipinski definition) is 1. The number of aryl methyl sites for hydroxylation is 1. The van der Waals surface area contributed by atoms with Gasteiger partial charge in [0.2, 0.25) is 0 Å². The van der Waals surface area contributed by atoms with Crippen LogP contribution in [0.4, 0.5) is 0 Å². The lowest BCUT2D eigenvalue weighted by atomic mass is 9.99. The molecular formula is C13H10ClNO4. The van der Waals surface area contributed by atoms with Gasteiger partial charge in [0.05, 0.1) is 16.3 Å². The third-order valence-electron chi connectivity index (χ3n) is 2.79. The van der Waals surface area contributed by atoms with E-state index < -0.39 is 11.6 Å². The quantitative estimate of drug-likeness (QED) is 0.914. The van der Waals surface area contributed by atoms with Gasteiger partial charge in [-0.3, -0.25) is 0 Å². The van der Waals surface area contributed by atoms with Crippen molar-refractivity contribution in [2.45, 2.75) is 13.8 Å². The smallest absolute Gasteiger partial charge is 0.362 e. The summed E-state index contributed by atoms with van der Waals surface area (Å²) in [5.74, 6) is -1.13. The summed E-state index contributed by atoms with van der Waals surface area (Å²) >= 11 is 5.81. The van der Waals surface area contributed by atoms with E-state index >= 15 is 0 Å². The number of aromatic carboxylic acids is 1. The van der Waals surface area contributed by atoms with E-state index in [1.54, 1.807) is 19.9 Å². The summed E-state index contributed by atoms with van der Waals surface area (Å²) in [6, 6.07) is 4.54. The molecule has 2 aromatic rings. The number of carbonyl (C=O) groups is 1. The third-order valence-corrected chi connectivity index (χ3v) is 3.12. The molecule has 5 nitrogen and oxygen atoms in total. The first kappa shape index (κ1) is 13.3. The maximum Gasteiger partial charge on any atom is 0.362 e. The van der Waals surface area contributed by atoms with Gasteiger partial charge in [-0.1, -0.05) is 22.8 Å². The number of benzene rings is 1. The van der Waals surface area contributed by atoms with E-state index in [1.807, 2.05) is 0 Å². The van der Waals surface area contributed by atoms with E-state index in [2.05, 4.69) is 9.68 Å². The topological polar surface area (TPSA) is 80.4 Å². The van der Waals surface area contributed by atoms with Gasteiger partial charge in [0.15, 0.2) is 0 Å². The average molecular weight is 280 g/mol. The first-order chi connectivity index (χ1) is 8.91. The lowest BCUT2D eigenvalue weighted by Crippen LogP contribution is -2.09. The fraction of sp³-hybridized carbons (Fsp3) is 0.154. The van der Waals surface area contributed by atoms with Crippen LogP contribution in [0, 0.1) is 13.8 Å². The zero-order valence-corrected chi connectivity index (χ0v) is 11.0. The molecule has 1 aromatic heterocycles. The fourth-order valence-corrected chi connectivity index (χ4v) is 2.07. The number of aromatic nitrogens is 1. The molecule has 0 fully saturated rings. The van der Waals surface area contributed by atoms with Gasteiger partial charge >= 0.3 is 11.6 Å². The number of rotatable bonds is 2. The number of halogens is 1. The Morgan fingerprint density at radius 2 is 2.05 bits per heavy atom. The zero-order chi connectivity index (χ0) is 14.2. The Bertz CT molecular complexity index is 721. The van der Waals surface area contributed by atoms with Crippen molar-refractivity contribution in [2.75, 3.05) is 0 Å². The molecule has 0 aliphatic rings. The summed E-state index contributed by atoms with van der Waals surface area (Å²) in [4.78, 5) is 22.5. The molecule has 98 valence electrons. The molecule has 6 heteroatoms. The Morgan fingerprint density at radius 3 is 2.68 bits per heavy atom. The summed E-state index contributed by atoms with van der Waals surface area (Å²) in [6.07, 6.45) is 0. The minimum Gasteiger partial charge on any atom is -0.478 e. The van der Waals surface area contributed by atoms with Crippen LogP contribution in [0.15, 0.2) is 27.5 Å². The van der Waals surface area contributed by atoms with Crippen LogP contribution in [-0.4, -0.2) is 16.2 Å². The molecule has 0 aliphatic heterocycles. The molecule has 0 spiro atoms. The molecule has 0 saturated carbocycles. The first-order valence-corrected chi connectivity index (χ1v) is 5.80. The number of carboxylic acids is 1. The monoisotopic (exact) mass is 279 g/mol. The highest BCUT2D eigenvalue weighted by Crippen LogP contribution is 2.28. The molecule has 0 unspecified atom stereocenters. The maximum absolute atomic E-state index is 11.5. The van der Waals surface area contributed by atoms with Gasteiger partial charge in [-0.2, -0.15) is 0 Å². The first-order valence-electron chi connectivity index (χ1n) is 5.42. The van der Waals surface area contributed by atoms with Gasteiger partial charge in [0.25, 0.3) is 0 Å². The predicted molar refractivity (Wildman–Crippen MR) is 69.7 cm³/mol. The molecule has 0 amide bonds. The van der Waals surface area contributed by atoms with Crippen LogP contribution in [0.3, 0.4) is 0 Å². The average Bonchev–Trinajstić information content (AvgIpc) is 2.36. The van der Waals surface area contributed by atoms with E-state index in [0.717, 1.165) is 0 Å². The van der Waals surface area contributed by atoms with Crippen LogP contribution >= 0.6 is 11.6 Å². The minimum atomic E-state index is -1.13. The molecule has 1 N–H and O–H groups in total. The fourth-order valence-electron chi connectivity index (χ4n) is 1.87.